The molecule has 0 aromatic heterocycles. The van der Waals surface area contributed by atoms with Crippen molar-refractivity contribution in [1.82, 2.24) is 5.32 Å². The summed E-state index contributed by atoms with van der Waals surface area (Å²) < 4.78 is 10.9. The van der Waals surface area contributed by atoms with Gasteiger partial charge in [-0.25, -0.2) is 0 Å². The Morgan fingerprint density at radius 1 is 0.608 bits per heavy atom. The topological polar surface area (TPSA) is 189 Å². The van der Waals surface area contributed by atoms with E-state index < -0.39 is 74.2 Å². The van der Waals surface area contributed by atoms with Gasteiger partial charge < -0.3 is 50.5 Å². The lowest BCUT2D eigenvalue weighted by Crippen LogP contribution is -2.60. The van der Waals surface area contributed by atoms with Crippen LogP contribution in [0.1, 0.15) is 181 Å². The van der Waals surface area contributed by atoms with Gasteiger partial charge in [0.05, 0.1) is 25.4 Å². The lowest BCUT2D eigenvalue weighted by atomic mass is 9.99. The zero-order chi connectivity index (χ0) is 37.7. The SMILES string of the molecule is CCCCCCCCCCCCCCCCCCCCCCCCC(O)C(=O)NC(COC1OC(CO)C(O)C(O)C1O)C(O)C(O)CCCC. The molecule has 8 N–H and O–H groups in total. The first-order valence-corrected chi connectivity index (χ1v) is 20.9. The summed E-state index contributed by atoms with van der Waals surface area (Å²) in [5.41, 5.74) is 0. The first-order chi connectivity index (χ1) is 24.7. The molecule has 0 aromatic rings. The third kappa shape index (κ3) is 22.2. The molecule has 51 heavy (non-hydrogen) atoms. The van der Waals surface area contributed by atoms with Gasteiger partial charge in [-0.1, -0.05) is 168 Å². The Kier molecular flexibility index (Phi) is 29.7. The van der Waals surface area contributed by atoms with Crippen LogP contribution >= 0.6 is 0 Å². The minimum absolute atomic E-state index is 0.264. The van der Waals surface area contributed by atoms with E-state index in [1.54, 1.807) is 0 Å². The maximum atomic E-state index is 12.9. The Bertz CT molecular complexity index is 805. The summed E-state index contributed by atoms with van der Waals surface area (Å²) in [4.78, 5) is 12.9. The summed E-state index contributed by atoms with van der Waals surface area (Å²) in [5.74, 6) is -0.706. The number of ether oxygens (including phenoxy) is 2. The van der Waals surface area contributed by atoms with Crippen LogP contribution in [0, 0.1) is 0 Å². The highest BCUT2D eigenvalue weighted by Crippen LogP contribution is 2.23. The number of aliphatic hydroxyl groups is 7. The number of carbonyl (C=O) groups excluding carboxylic acids is 1. The molecule has 1 aliphatic heterocycles. The average Bonchev–Trinajstić information content (AvgIpc) is 3.13. The van der Waals surface area contributed by atoms with Crippen LogP contribution in [0.5, 0.6) is 0 Å². The van der Waals surface area contributed by atoms with Crippen molar-refractivity contribution >= 4 is 5.91 Å². The number of amides is 1. The van der Waals surface area contributed by atoms with Gasteiger partial charge in [-0.15, -0.1) is 0 Å². The molecule has 1 amide bonds. The fraction of sp³-hybridized carbons (Fsp3) is 0.975. The molecule has 1 saturated heterocycles. The fourth-order valence-corrected chi connectivity index (χ4v) is 6.84. The van der Waals surface area contributed by atoms with Crippen LogP contribution in [0.4, 0.5) is 0 Å². The number of nitrogens with one attached hydrogen (secondary N) is 1. The minimum atomic E-state index is -1.65. The van der Waals surface area contributed by atoms with E-state index in [2.05, 4.69) is 12.2 Å². The molecule has 0 spiro atoms. The predicted molar refractivity (Wildman–Crippen MR) is 201 cm³/mol. The molecule has 9 atom stereocenters. The minimum Gasteiger partial charge on any atom is -0.394 e. The van der Waals surface area contributed by atoms with Crippen LogP contribution in [-0.2, 0) is 14.3 Å². The molecule has 1 aliphatic rings. The standard InChI is InChI=1S/C40H79NO10/c1-3-5-7-8-9-10-11-12-13-14-15-16-17-18-19-20-21-22-23-24-25-26-28-33(44)39(49)41-31(35(45)32(43)27-6-4-2)30-50-40-38(48)37(47)36(46)34(29-42)51-40/h31-38,40,42-48H,3-30H2,1-2H3,(H,41,49). The van der Waals surface area contributed by atoms with Gasteiger partial charge in [0.25, 0.3) is 0 Å². The van der Waals surface area contributed by atoms with E-state index >= 15 is 0 Å². The van der Waals surface area contributed by atoms with E-state index in [-0.39, 0.29) is 12.8 Å². The Morgan fingerprint density at radius 2 is 1.04 bits per heavy atom. The van der Waals surface area contributed by atoms with Crippen molar-refractivity contribution in [3.8, 4) is 0 Å². The largest absolute Gasteiger partial charge is 0.394 e. The quantitative estimate of drug-likeness (QED) is 0.0390. The molecule has 0 saturated carbocycles. The number of carbonyl (C=O) groups is 1. The lowest BCUT2D eigenvalue weighted by molar-refractivity contribution is -0.303. The second-order valence-corrected chi connectivity index (χ2v) is 15.1. The van der Waals surface area contributed by atoms with Crippen molar-refractivity contribution in [1.29, 1.82) is 0 Å². The Morgan fingerprint density at radius 3 is 1.47 bits per heavy atom. The second kappa shape index (κ2) is 31.5. The number of aliphatic hydroxyl groups excluding tert-OH is 7. The van der Waals surface area contributed by atoms with Crippen LogP contribution in [0.2, 0.25) is 0 Å². The van der Waals surface area contributed by atoms with Crippen molar-refractivity contribution < 1.29 is 50.0 Å². The van der Waals surface area contributed by atoms with Gasteiger partial charge in [-0.3, -0.25) is 4.79 Å². The number of hydrogen-bond acceptors (Lipinski definition) is 10. The van der Waals surface area contributed by atoms with Crippen molar-refractivity contribution in [2.45, 2.75) is 236 Å². The molecule has 0 aliphatic carbocycles. The first kappa shape index (κ1) is 48.1. The van der Waals surface area contributed by atoms with Crippen LogP contribution in [0.25, 0.3) is 0 Å². The van der Waals surface area contributed by atoms with E-state index in [1.165, 1.54) is 116 Å². The number of rotatable bonds is 34. The highest BCUT2D eigenvalue weighted by molar-refractivity contribution is 5.80. The predicted octanol–water partition coefficient (Wildman–Crippen LogP) is 5.55. The highest BCUT2D eigenvalue weighted by atomic mass is 16.7. The van der Waals surface area contributed by atoms with E-state index in [1.807, 2.05) is 6.92 Å². The summed E-state index contributed by atoms with van der Waals surface area (Å²) in [5, 5.41) is 74.2. The summed E-state index contributed by atoms with van der Waals surface area (Å²) in [6.45, 7) is 3.16. The maximum Gasteiger partial charge on any atom is 0.249 e. The molecular weight excluding hydrogens is 654 g/mol. The van der Waals surface area contributed by atoms with Crippen molar-refractivity contribution in [2.75, 3.05) is 13.2 Å². The molecule has 11 heteroatoms. The molecule has 1 fully saturated rings. The molecule has 1 heterocycles. The van der Waals surface area contributed by atoms with E-state index in [4.69, 9.17) is 9.47 Å². The fourth-order valence-electron chi connectivity index (χ4n) is 6.84. The lowest BCUT2D eigenvalue weighted by Gasteiger charge is -2.40. The molecule has 1 rings (SSSR count). The highest BCUT2D eigenvalue weighted by Gasteiger charge is 2.44. The maximum absolute atomic E-state index is 12.9. The van der Waals surface area contributed by atoms with Crippen molar-refractivity contribution in [2.24, 2.45) is 0 Å². The molecule has 304 valence electrons. The Hall–Kier alpha value is -0.890. The van der Waals surface area contributed by atoms with Gasteiger partial charge >= 0.3 is 0 Å². The Labute approximate surface area is 309 Å². The van der Waals surface area contributed by atoms with E-state index in [0.29, 0.717) is 12.8 Å². The zero-order valence-electron chi connectivity index (χ0n) is 32.4. The molecule has 0 bridgehead atoms. The van der Waals surface area contributed by atoms with Crippen LogP contribution in [0.15, 0.2) is 0 Å². The van der Waals surface area contributed by atoms with E-state index in [9.17, 15) is 40.5 Å². The summed E-state index contributed by atoms with van der Waals surface area (Å²) >= 11 is 0. The molecular formula is C40H79NO10. The third-order valence-corrected chi connectivity index (χ3v) is 10.4. The van der Waals surface area contributed by atoms with Gasteiger partial charge in [-0.2, -0.15) is 0 Å². The zero-order valence-corrected chi connectivity index (χ0v) is 32.4. The summed E-state index contributed by atoms with van der Waals surface area (Å²) in [6.07, 6.45) is 18.9. The number of hydrogen-bond donors (Lipinski definition) is 8. The van der Waals surface area contributed by atoms with Crippen LogP contribution in [0.3, 0.4) is 0 Å². The first-order valence-electron chi connectivity index (χ1n) is 20.9. The van der Waals surface area contributed by atoms with Gasteiger partial charge in [0.1, 0.15) is 36.6 Å². The second-order valence-electron chi connectivity index (χ2n) is 15.1. The summed E-state index contributed by atoms with van der Waals surface area (Å²) in [6, 6.07) is -1.16. The third-order valence-electron chi connectivity index (χ3n) is 10.4. The average molecular weight is 734 g/mol. The molecule has 0 aromatic carbocycles. The summed E-state index contributed by atoms with van der Waals surface area (Å²) in [7, 11) is 0. The van der Waals surface area contributed by atoms with Crippen LogP contribution < -0.4 is 5.32 Å². The van der Waals surface area contributed by atoms with Gasteiger partial charge in [0, 0.05) is 0 Å². The monoisotopic (exact) mass is 734 g/mol. The molecule has 9 unspecified atom stereocenters. The van der Waals surface area contributed by atoms with Gasteiger partial charge in [-0.05, 0) is 12.8 Å². The van der Waals surface area contributed by atoms with Crippen LogP contribution in [-0.4, -0.2) is 110 Å². The van der Waals surface area contributed by atoms with Crippen molar-refractivity contribution in [3.05, 3.63) is 0 Å². The Balaban J connectivity index is 2.20. The van der Waals surface area contributed by atoms with Gasteiger partial charge in [0.2, 0.25) is 5.91 Å². The van der Waals surface area contributed by atoms with E-state index in [0.717, 1.165) is 25.7 Å². The van der Waals surface area contributed by atoms with Crippen molar-refractivity contribution in [3.63, 3.8) is 0 Å². The smallest absolute Gasteiger partial charge is 0.249 e. The normalized spacial score (nSPS) is 23.2. The van der Waals surface area contributed by atoms with Gasteiger partial charge in [0.15, 0.2) is 6.29 Å². The molecule has 11 nitrogen and oxygen atoms in total. The number of unbranched alkanes of at least 4 members (excludes halogenated alkanes) is 22. The molecule has 0 radical (unpaired) electrons.